The molecular weight excluding hydrogens is 334 g/mol. The minimum Gasteiger partial charge on any atom is -0.325 e. The molecule has 1 amide bonds. The van der Waals surface area contributed by atoms with Crippen LogP contribution in [0.15, 0.2) is 40.9 Å². The van der Waals surface area contributed by atoms with Crippen molar-refractivity contribution in [3.63, 3.8) is 0 Å². The third-order valence-corrected chi connectivity index (χ3v) is 4.75. The Bertz CT molecular complexity index is 634. The quantitative estimate of drug-likeness (QED) is 0.835. The second-order valence-corrected chi connectivity index (χ2v) is 8.25. The van der Waals surface area contributed by atoms with Crippen LogP contribution >= 0.6 is 27.7 Å². The number of rotatable bonds is 3. The van der Waals surface area contributed by atoms with Gasteiger partial charge in [0, 0.05) is 20.3 Å². The van der Waals surface area contributed by atoms with Gasteiger partial charge in [0.05, 0.1) is 5.75 Å². The van der Waals surface area contributed by atoms with E-state index in [-0.39, 0.29) is 10.7 Å². The van der Waals surface area contributed by atoms with Crippen LogP contribution in [0.25, 0.3) is 10.8 Å². The van der Waals surface area contributed by atoms with Crippen molar-refractivity contribution in [1.29, 1.82) is 0 Å². The van der Waals surface area contributed by atoms with Gasteiger partial charge in [-0.2, -0.15) is 0 Å². The molecule has 0 bridgehead atoms. The summed E-state index contributed by atoms with van der Waals surface area (Å²) in [6.07, 6.45) is 0. The molecule has 0 unspecified atom stereocenters. The van der Waals surface area contributed by atoms with Crippen LogP contribution in [0.5, 0.6) is 0 Å². The number of nitrogens with one attached hydrogen (secondary N) is 1. The lowest BCUT2D eigenvalue weighted by molar-refractivity contribution is -0.113. The van der Waals surface area contributed by atoms with Gasteiger partial charge in [-0.25, -0.2) is 0 Å². The standard InChI is InChI=1S/C16H18BrNOS/c1-16(2,3)20-10-15(19)18-14-9-8-13(17)11-6-4-5-7-12(11)14/h4-9H,10H2,1-3H3,(H,18,19). The van der Waals surface area contributed by atoms with E-state index in [1.165, 1.54) is 0 Å². The van der Waals surface area contributed by atoms with Gasteiger partial charge in [-0.3, -0.25) is 4.79 Å². The number of benzene rings is 2. The molecular formula is C16H18BrNOS. The Hall–Kier alpha value is -1.00. The molecule has 0 saturated heterocycles. The third-order valence-electron chi connectivity index (χ3n) is 2.78. The molecule has 1 N–H and O–H groups in total. The van der Waals surface area contributed by atoms with Crippen LogP contribution in [-0.2, 0) is 4.79 Å². The summed E-state index contributed by atoms with van der Waals surface area (Å²) >= 11 is 5.19. The van der Waals surface area contributed by atoms with Crippen molar-refractivity contribution >= 4 is 50.1 Å². The average Bonchev–Trinajstić information content (AvgIpc) is 2.39. The Morgan fingerprint density at radius 2 is 1.80 bits per heavy atom. The van der Waals surface area contributed by atoms with Crippen molar-refractivity contribution in [2.24, 2.45) is 0 Å². The van der Waals surface area contributed by atoms with E-state index in [4.69, 9.17) is 0 Å². The van der Waals surface area contributed by atoms with Crippen LogP contribution in [0, 0.1) is 0 Å². The molecule has 0 saturated carbocycles. The van der Waals surface area contributed by atoms with E-state index >= 15 is 0 Å². The number of hydrogen-bond acceptors (Lipinski definition) is 2. The third kappa shape index (κ3) is 4.00. The van der Waals surface area contributed by atoms with Gasteiger partial charge in [0.1, 0.15) is 0 Å². The highest BCUT2D eigenvalue weighted by atomic mass is 79.9. The van der Waals surface area contributed by atoms with E-state index in [0.29, 0.717) is 5.75 Å². The van der Waals surface area contributed by atoms with E-state index in [9.17, 15) is 4.79 Å². The highest BCUT2D eigenvalue weighted by Crippen LogP contribution is 2.30. The predicted octanol–water partition coefficient (Wildman–Crippen LogP) is 5.07. The molecule has 0 radical (unpaired) electrons. The normalized spacial score (nSPS) is 11.6. The molecule has 0 aliphatic rings. The molecule has 2 nitrogen and oxygen atoms in total. The molecule has 0 fully saturated rings. The molecule has 2 rings (SSSR count). The number of fused-ring (bicyclic) bond motifs is 1. The minimum atomic E-state index is 0.0393. The zero-order valence-electron chi connectivity index (χ0n) is 11.9. The fourth-order valence-electron chi connectivity index (χ4n) is 1.84. The Balaban J connectivity index is 2.18. The average molecular weight is 352 g/mol. The maximum Gasteiger partial charge on any atom is 0.234 e. The fraction of sp³-hybridized carbons (Fsp3) is 0.312. The van der Waals surface area contributed by atoms with Gasteiger partial charge in [-0.15, -0.1) is 11.8 Å². The number of halogens is 1. The van der Waals surface area contributed by atoms with Crippen molar-refractivity contribution in [2.45, 2.75) is 25.5 Å². The van der Waals surface area contributed by atoms with Crippen LogP contribution in [0.3, 0.4) is 0 Å². The van der Waals surface area contributed by atoms with Crippen molar-refractivity contribution < 1.29 is 4.79 Å². The Kier molecular flexibility index (Phi) is 4.76. The van der Waals surface area contributed by atoms with Gasteiger partial charge in [-0.05, 0) is 17.5 Å². The lowest BCUT2D eigenvalue weighted by atomic mass is 10.1. The SMILES string of the molecule is CC(C)(C)SCC(=O)Nc1ccc(Br)c2ccccc12. The smallest absolute Gasteiger partial charge is 0.234 e. The van der Waals surface area contributed by atoms with Gasteiger partial charge < -0.3 is 5.32 Å². The van der Waals surface area contributed by atoms with E-state index in [1.54, 1.807) is 11.8 Å². The van der Waals surface area contributed by atoms with Crippen molar-refractivity contribution in [3.8, 4) is 0 Å². The number of anilines is 1. The largest absolute Gasteiger partial charge is 0.325 e. The van der Waals surface area contributed by atoms with Gasteiger partial charge in [0.2, 0.25) is 5.91 Å². The Morgan fingerprint density at radius 1 is 1.15 bits per heavy atom. The first-order valence-corrected chi connectivity index (χ1v) is 8.26. The number of thioether (sulfide) groups is 1. The lowest BCUT2D eigenvalue weighted by Crippen LogP contribution is -2.19. The Morgan fingerprint density at radius 3 is 2.45 bits per heavy atom. The maximum absolute atomic E-state index is 12.0. The molecule has 20 heavy (non-hydrogen) atoms. The maximum atomic E-state index is 12.0. The molecule has 2 aromatic rings. The molecule has 0 aromatic heterocycles. The zero-order valence-corrected chi connectivity index (χ0v) is 14.3. The summed E-state index contributed by atoms with van der Waals surface area (Å²) in [6.45, 7) is 6.33. The summed E-state index contributed by atoms with van der Waals surface area (Å²) in [6, 6.07) is 11.9. The molecule has 0 heterocycles. The number of carbonyl (C=O) groups excluding carboxylic acids is 1. The number of amides is 1. The summed E-state index contributed by atoms with van der Waals surface area (Å²) in [7, 11) is 0. The van der Waals surface area contributed by atoms with Gasteiger partial charge >= 0.3 is 0 Å². The second-order valence-electron chi connectivity index (χ2n) is 5.59. The zero-order chi connectivity index (χ0) is 14.8. The van der Waals surface area contributed by atoms with Gasteiger partial charge in [0.15, 0.2) is 0 Å². The van der Waals surface area contributed by atoms with Gasteiger partial charge in [-0.1, -0.05) is 61.0 Å². The molecule has 106 valence electrons. The monoisotopic (exact) mass is 351 g/mol. The van der Waals surface area contributed by atoms with E-state index < -0.39 is 0 Å². The topological polar surface area (TPSA) is 29.1 Å². The van der Waals surface area contributed by atoms with Crippen molar-refractivity contribution in [1.82, 2.24) is 0 Å². The first-order chi connectivity index (χ1) is 9.37. The lowest BCUT2D eigenvalue weighted by Gasteiger charge is -2.17. The van der Waals surface area contributed by atoms with E-state index in [0.717, 1.165) is 20.9 Å². The van der Waals surface area contributed by atoms with Crippen LogP contribution in [0.2, 0.25) is 0 Å². The molecule has 0 aliphatic heterocycles. The van der Waals surface area contributed by atoms with Crippen LogP contribution in [-0.4, -0.2) is 16.4 Å². The summed E-state index contributed by atoms with van der Waals surface area (Å²) in [5, 5.41) is 5.16. The number of carbonyl (C=O) groups is 1. The molecule has 0 spiro atoms. The van der Waals surface area contributed by atoms with Gasteiger partial charge in [0.25, 0.3) is 0 Å². The predicted molar refractivity (Wildman–Crippen MR) is 92.5 cm³/mol. The Labute approximate surface area is 132 Å². The van der Waals surface area contributed by atoms with Crippen LogP contribution < -0.4 is 5.32 Å². The summed E-state index contributed by atoms with van der Waals surface area (Å²) in [4.78, 5) is 12.0. The highest BCUT2D eigenvalue weighted by molar-refractivity contribution is 9.10. The van der Waals surface area contributed by atoms with Crippen molar-refractivity contribution in [2.75, 3.05) is 11.1 Å². The molecule has 0 aliphatic carbocycles. The highest BCUT2D eigenvalue weighted by Gasteiger charge is 2.14. The minimum absolute atomic E-state index is 0.0393. The molecule has 4 heteroatoms. The molecule has 0 atom stereocenters. The van der Waals surface area contributed by atoms with E-state index in [1.807, 2.05) is 36.4 Å². The van der Waals surface area contributed by atoms with Crippen LogP contribution in [0.1, 0.15) is 20.8 Å². The fourth-order valence-corrected chi connectivity index (χ4v) is 2.95. The first-order valence-electron chi connectivity index (χ1n) is 6.48. The van der Waals surface area contributed by atoms with Crippen LogP contribution in [0.4, 0.5) is 5.69 Å². The number of hydrogen-bond donors (Lipinski definition) is 1. The summed E-state index contributed by atoms with van der Waals surface area (Å²) in [5.74, 6) is 0.505. The second kappa shape index (κ2) is 6.19. The summed E-state index contributed by atoms with van der Waals surface area (Å²) in [5.41, 5.74) is 0.864. The summed E-state index contributed by atoms with van der Waals surface area (Å²) < 4.78 is 1.13. The first kappa shape index (κ1) is 15.4. The van der Waals surface area contributed by atoms with E-state index in [2.05, 4.69) is 42.0 Å². The molecule has 2 aromatic carbocycles. The van der Waals surface area contributed by atoms with Crippen molar-refractivity contribution in [3.05, 3.63) is 40.9 Å².